The molecule has 2 fully saturated rings. The van der Waals surface area contributed by atoms with Crippen molar-refractivity contribution in [2.24, 2.45) is 0 Å². The van der Waals surface area contributed by atoms with Crippen molar-refractivity contribution in [3.8, 4) is 0 Å². The minimum absolute atomic E-state index is 0.0903. The second-order valence-corrected chi connectivity index (χ2v) is 6.77. The van der Waals surface area contributed by atoms with Gasteiger partial charge in [-0.1, -0.05) is 0 Å². The van der Waals surface area contributed by atoms with Gasteiger partial charge in [-0.15, -0.1) is 0 Å². The number of anilines is 1. The molecule has 0 saturated carbocycles. The van der Waals surface area contributed by atoms with E-state index in [2.05, 4.69) is 47.8 Å². The third-order valence-electron chi connectivity index (χ3n) is 4.77. The minimum Gasteiger partial charge on any atom is -0.410 e. The highest BCUT2D eigenvalue weighted by Crippen LogP contribution is 2.31. The molecule has 1 aromatic heterocycles. The Kier molecular flexibility index (Phi) is 3.25. The highest BCUT2D eigenvalue weighted by Gasteiger charge is 2.50. The van der Waals surface area contributed by atoms with E-state index < -0.39 is 0 Å². The lowest BCUT2D eigenvalue weighted by Gasteiger charge is -2.33. The van der Waals surface area contributed by atoms with Gasteiger partial charge >= 0.3 is 7.05 Å². The molecule has 108 valence electrons. The monoisotopic (exact) mass is 274 g/mol. The minimum atomic E-state index is -0.229. The summed E-state index contributed by atoms with van der Waals surface area (Å²) in [5, 5.41) is 3.49. The molecule has 0 radical (unpaired) electrons. The summed E-state index contributed by atoms with van der Waals surface area (Å²) in [4.78, 5) is 11.4. The summed E-state index contributed by atoms with van der Waals surface area (Å²) in [6.07, 6.45) is 6.20. The van der Waals surface area contributed by atoms with Crippen LogP contribution in [0.3, 0.4) is 0 Å². The Bertz CT molecular complexity index is 466. The molecule has 6 heteroatoms. The van der Waals surface area contributed by atoms with E-state index in [9.17, 15) is 0 Å². The molecule has 3 rings (SSSR count). The van der Waals surface area contributed by atoms with Crippen molar-refractivity contribution in [3.63, 3.8) is 0 Å². The number of hydrogen-bond donors (Lipinski definition) is 1. The first-order chi connectivity index (χ1) is 9.39. The van der Waals surface area contributed by atoms with Gasteiger partial charge in [-0.25, -0.2) is 4.98 Å². The molecular weight excluding hydrogens is 251 g/mol. The van der Waals surface area contributed by atoms with Gasteiger partial charge < -0.3 is 14.8 Å². The first kappa shape index (κ1) is 13.8. The van der Waals surface area contributed by atoms with E-state index in [4.69, 9.17) is 4.65 Å². The lowest BCUT2D eigenvalue weighted by Crippen LogP contribution is -2.52. The molecule has 1 N–H and O–H groups in total. The van der Waals surface area contributed by atoms with Crippen LogP contribution in [0.2, 0.25) is 0 Å². The van der Waals surface area contributed by atoms with Crippen LogP contribution in [-0.2, 0) is 4.65 Å². The van der Waals surface area contributed by atoms with Gasteiger partial charge in [0.25, 0.3) is 0 Å². The first-order valence-corrected chi connectivity index (χ1v) is 7.41. The maximum atomic E-state index is 6.09. The zero-order chi connectivity index (χ0) is 14.4. The van der Waals surface area contributed by atoms with Crippen LogP contribution in [0.1, 0.15) is 40.5 Å². The molecule has 0 bridgehead atoms. The Labute approximate surface area is 121 Å². The normalized spacial score (nSPS) is 24.4. The van der Waals surface area contributed by atoms with E-state index in [1.54, 1.807) is 0 Å². The van der Waals surface area contributed by atoms with Gasteiger partial charge in [-0.2, -0.15) is 0 Å². The fourth-order valence-corrected chi connectivity index (χ4v) is 2.68. The molecule has 3 heterocycles. The molecule has 2 saturated heterocycles. The summed E-state index contributed by atoms with van der Waals surface area (Å²) in [6, 6.07) is 0. The average molecular weight is 274 g/mol. The van der Waals surface area contributed by atoms with Gasteiger partial charge in [0.15, 0.2) is 0 Å². The molecule has 2 aliphatic heterocycles. The van der Waals surface area contributed by atoms with Crippen molar-refractivity contribution in [2.45, 2.75) is 51.7 Å². The number of hydrogen-bond acceptors (Lipinski definition) is 5. The van der Waals surface area contributed by atoms with E-state index >= 15 is 0 Å². The van der Waals surface area contributed by atoms with Gasteiger partial charge in [0, 0.05) is 24.8 Å². The topological polar surface area (TPSA) is 50.3 Å². The Hall–Kier alpha value is -1.14. The van der Waals surface area contributed by atoms with E-state index in [0.717, 1.165) is 24.5 Å². The summed E-state index contributed by atoms with van der Waals surface area (Å²) >= 11 is 0. The zero-order valence-electron chi connectivity index (χ0n) is 12.8. The number of rotatable bonds is 2. The third kappa shape index (κ3) is 2.31. The first-order valence-electron chi connectivity index (χ1n) is 7.41. The van der Waals surface area contributed by atoms with Crippen molar-refractivity contribution in [2.75, 3.05) is 18.0 Å². The van der Waals surface area contributed by atoms with Crippen molar-refractivity contribution >= 4 is 18.5 Å². The van der Waals surface area contributed by atoms with Crippen LogP contribution in [-0.4, -0.2) is 41.2 Å². The van der Waals surface area contributed by atoms with Crippen molar-refractivity contribution < 1.29 is 4.65 Å². The molecule has 0 amide bonds. The highest BCUT2D eigenvalue weighted by atomic mass is 16.5. The quantitative estimate of drug-likeness (QED) is 0.814. The lowest BCUT2D eigenvalue weighted by atomic mass is 9.78. The maximum absolute atomic E-state index is 6.09. The number of aromatic nitrogens is 2. The zero-order valence-corrected chi connectivity index (χ0v) is 12.8. The second kappa shape index (κ2) is 4.70. The molecular formula is C14H23BN4O. The molecule has 20 heavy (non-hydrogen) atoms. The molecule has 0 atom stereocenters. The Morgan fingerprint density at radius 1 is 1.15 bits per heavy atom. The van der Waals surface area contributed by atoms with E-state index in [0.29, 0.717) is 0 Å². The second-order valence-electron chi connectivity index (χ2n) is 6.77. The van der Waals surface area contributed by atoms with Gasteiger partial charge in [0.2, 0.25) is 0 Å². The van der Waals surface area contributed by atoms with Crippen LogP contribution in [0.4, 0.5) is 5.82 Å². The van der Waals surface area contributed by atoms with Gasteiger partial charge in [-0.3, -0.25) is 4.98 Å². The summed E-state index contributed by atoms with van der Waals surface area (Å²) in [5.41, 5.74) is 0.534. The number of nitrogens with zero attached hydrogens (tertiary/aromatic N) is 3. The van der Waals surface area contributed by atoms with Crippen molar-refractivity contribution in [3.05, 3.63) is 12.4 Å². The Morgan fingerprint density at radius 3 is 2.35 bits per heavy atom. The van der Waals surface area contributed by atoms with Gasteiger partial charge in [0.05, 0.1) is 17.4 Å². The summed E-state index contributed by atoms with van der Waals surface area (Å²) in [6.45, 7) is 10.7. The fraction of sp³-hybridized carbons (Fsp3) is 0.714. The van der Waals surface area contributed by atoms with Gasteiger partial charge in [-0.05, 0) is 40.5 Å². The van der Waals surface area contributed by atoms with Gasteiger partial charge in [0.1, 0.15) is 5.82 Å². The Morgan fingerprint density at radius 2 is 1.85 bits per heavy atom. The lowest BCUT2D eigenvalue weighted by molar-refractivity contribution is 0.0749. The third-order valence-corrected chi connectivity index (χ3v) is 4.77. The van der Waals surface area contributed by atoms with Crippen LogP contribution >= 0.6 is 0 Å². The van der Waals surface area contributed by atoms with Crippen LogP contribution in [0, 0.1) is 0 Å². The van der Waals surface area contributed by atoms with Crippen molar-refractivity contribution in [1.29, 1.82) is 0 Å². The predicted molar refractivity (Wildman–Crippen MR) is 81.2 cm³/mol. The number of nitrogens with one attached hydrogen (secondary N) is 1. The summed E-state index contributed by atoms with van der Waals surface area (Å²) in [7, 11) is -0.180. The van der Waals surface area contributed by atoms with E-state index in [1.165, 1.54) is 12.8 Å². The SMILES string of the molecule is CC1(C)NB(c2cnc(N3CCCC3)cn2)OC1(C)C. The van der Waals surface area contributed by atoms with E-state index in [1.807, 2.05) is 12.4 Å². The Balaban J connectivity index is 1.75. The van der Waals surface area contributed by atoms with Crippen LogP contribution in [0.5, 0.6) is 0 Å². The molecule has 5 nitrogen and oxygen atoms in total. The molecule has 0 aromatic carbocycles. The largest absolute Gasteiger partial charge is 0.437 e. The summed E-state index contributed by atoms with van der Waals surface area (Å²) in [5.74, 6) is 0.975. The van der Waals surface area contributed by atoms with Crippen LogP contribution in [0.25, 0.3) is 0 Å². The van der Waals surface area contributed by atoms with E-state index in [-0.39, 0.29) is 18.2 Å². The smallest absolute Gasteiger partial charge is 0.410 e. The van der Waals surface area contributed by atoms with Crippen LogP contribution in [0.15, 0.2) is 12.4 Å². The average Bonchev–Trinajstić information content (AvgIpc) is 2.97. The molecule has 0 spiro atoms. The maximum Gasteiger partial charge on any atom is 0.437 e. The summed E-state index contributed by atoms with van der Waals surface area (Å²) < 4.78 is 6.09. The predicted octanol–water partition coefficient (Wildman–Crippen LogP) is 0.949. The highest BCUT2D eigenvalue weighted by molar-refractivity contribution is 6.64. The van der Waals surface area contributed by atoms with Crippen LogP contribution < -0.4 is 15.7 Å². The van der Waals surface area contributed by atoms with Crippen molar-refractivity contribution in [1.82, 2.24) is 15.2 Å². The fourth-order valence-electron chi connectivity index (χ4n) is 2.68. The molecule has 0 unspecified atom stereocenters. The molecule has 0 aliphatic carbocycles. The standard InChI is InChI=1S/C14H23BN4O/c1-13(2)14(3,4)20-15(18-13)11-9-17-12(10-16-11)19-7-5-6-8-19/h9-10,18H,5-8H2,1-4H3. The molecule has 1 aromatic rings. The molecule has 2 aliphatic rings.